The zero-order valence-corrected chi connectivity index (χ0v) is 19.5. The summed E-state index contributed by atoms with van der Waals surface area (Å²) >= 11 is 0. The van der Waals surface area contributed by atoms with E-state index in [1.165, 1.54) is 24.3 Å². The van der Waals surface area contributed by atoms with Crippen LogP contribution in [0, 0.1) is 0 Å². The van der Waals surface area contributed by atoms with Gasteiger partial charge in [-0.05, 0) is 36.4 Å². The number of Topliss-reactive ketones (excluding diaryl/α,β-unsaturated/α-hetero) is 2. The van der Waals surface area contributed by atoms with Gasteiger partial charge in [-0.25, -0.2) is 8.42 Å². The summed E-state index contributed by atoms with van der Waals surface area (Å²) in [6.45, 7) is 1.27. The van der Waals surface area contributed by atoms with Gasteiger partial charge in [0.25, 0.3) is 10.0 Å². The predicted octanol–water partition coefficient (Wildman–Crippen LogP) is 3.84. The number of benzene rings is 3. The van der Waals surface area contributed by atoms with Gasteiger partial charge < -0.3 is 14.4 Å². The van der Waals surface area contributed by atoms with Crippen molar-refractivity contribution in [1.29, 1.82) is 0 Å². The van der Waals surface area contributed by atoms with Crippen molar-refractivity contribution in [2.45, 2.75) is 0 Å². The summed E-state index contributed by atoms with van der Waals surface area (Å²) in [7, 11) is -4.40. The normalized spacial score (nSPS) is 16.2. The zero-order chi connectivity index (χ0) is 24.4. The second kappa shape index (κ2) is 9.36. The Bertz CT molecular complexity index is 1410. The van der Waals surface area contributed by atoms with Crippen molar-refractivity contribution in [2.24, 2.45) is 0 Å². The molecule has 0 unspecified atom stereocenters. The molecular formula is C26H22N2O6S. The number of morpholine rings is 1. The Morgan fingerprint density at radius 3 is 1.97 bits per heavy atom. The monoisotopic (exact) mass is 490 g/mol. The minimum atomic E-state index is -4.40. The number of ketones is 2. The number of carbonyl (C=O) groups is 2. The molecule has 0 spiro atoms. The van der Waals surface area contributed by atoms with E-state index in [1.54, 1.807) is 41.3 Å². The first-order valence-corrected chi connectivity index (χ1v) is 12.5. The Labute approximate surface area is 202 Å². The van der Waals surface area contributed by atoms with E-state index >= 15 is 0 Å². The molecule has 0 saturated carbocycles. The topological polar surface area (TPSA) is 102 Å². The molecule has 1 fully saturated rings. The Morgan fingerprint density at radius 1 is 0.743 bits per heavy atom. The van der Waals surface area contributed by atoms with Gasteiger partial charge in [-0.3, -0.25) is 14.3 Å². The van der Waals surface area contributed by atoms with Gasteiger partial charge >= 0.3 is 0 Å². The van der Waals surface area contributed by atoms with Gasteiger partial charge in [0.1, 0.15) is 17.2 Å². The molecule has 1 aliphatic heterocycles. The second-order valence-corrected chi connectivity index (χ2v) is 9.65. The highest BCUT2D eigenvalue weighted by molar-refractivity contribution is 7.97. The number of hydrogen-bond donors (Lipinski definition) is 1. The van der Waals surface area contributed by atoms with Crippen molar-refractivity contribution in [3.05, 3.63) is 101 Å². The van der Waals surface area contributed by atoms with Crippen LogP contribution in [0.3, 0.4) is 0 Å². The molecule has 1 N–H and O–H groups in total. The van der Waals surface area contributed by atoms with E-state index in [4.69, 9.17) is 9.47 Å². The lowest BCUT2D eigenvalue weighted by Gasteiger charge is -2.33. The summed E-state index contributed by atoms with van der Waals surface area (Å²) in [6, 6.07) is 21.7. The number of hydrogen-bond acceptors (Lipinski definition) is 7. The van der Waals surface area contributed by atoms with Gasteiger partial charge in [-0.1, -0.05) is 42.5 Å². The molecule has 35 heavy (non-hydrogen) atoms. The van der Waals surface area contributed by atoms with Gasteiger partial charge in [-0.2, -0.15) is 0 Å². The standard InChI is InChI=1S/C26H22N2O6S/c29-24-21-8-4-5-9-22(21)25(30)26(23(24)28-14-16-33-17-15-28)35(31,32)27-18-10-12-20(13-11-18)34-19-6-2-1-3-7-19/h1-13,27H,14-17H2. The van der Waals surface area contributed by atoms with Crippen molar-refractivity contribution in [1.82, 2.24) is 4.90 Å². The number of sulfonamides is 1. The molecule has 8 nitrogen and oxygen atoms in total. The van der Waals surface area contributed by atoms with Crippen molar-refractivity contribution in [3.8, 4) is 11.5 Å². The smallest absolute Gasteiger partial charge is 0.268 e. The van der Waals surface area contributed by atoms with E-state index in [-0.39, 0.29) is 22.5 Å². The molecule has 0 amide bonds. The third-order valence-corrected chi connectivity index (χ3v) is 7.15. The first-order valence-electron chi connectivity index (χ1n) is 11.1. The number of ether oxygens (including phenoxy) is 2. The summed E-state index contributed by atoms with van der Waals surface area (Å²) in [6.07, 6.45) is 0. The molecule has 0 atom stereocenters. The molecule has 3 aromatic rings. The van der Waals surface area contributed by atoms with E-state index in [2.05, 4.69) is 4.72 Å². The maximum Gasteiger partial charge on any atom is 0.268 e. The molecule has 178 valence electrons. The number of nitrogens with one attached hydrogen (secondary N) is 1. The van der Waals surface area contributed by atoms with Gasteiger partial charge in [0.2, 0.25) is 11.6 Å². The van der Waals surface area contributed by atoms with Crippen LogP contribution in [0.25, 0.3) is 0 Å². The van der Waals surface area contributed by atoms with Crippen molar-refractivity contribution >= 4 is 27.3 Å². The molecule has 9 heteroatoms. The van der Waals surface area contributed by atoms with Crippen LogP contribution in [0.1, 0.15) is 20.7 Å². The molecule has 3 aromatic carbocycles. The van der Waals surface area contributed by atoms with Crippen LogP contribution in [-0.2, 0) is 14.8 Å². The lowest BCUT2D eigenvalue weighted by atomic mass is 9.91. The number of fused-ring (bicyclic) bond motifs is 1. The van der Waals surface area contributed by atoms with Gasteiger partial charge in [0.15, 0.2) is 4.91 Å². The maximum atomic E-state index is 13.5. The highest BCUT2D eigenvalue weighted by Gasteiger charge is 2.41. The molecule has 1 heterocycles. The van der Waals surface area contributed by atoms with Gasteiger partial charge in [0.05, 0.1) is 13.2 Å². The van der Waals surface area contributed by atoms with E-state index in [9.17, 15) is 18.0 Å². The van der Waals surface area contributed by atoms with Crippen LogP contribution >= 0.6 is 0 Å². The van der Waals surface area contributed by atoms with Crippen LogP contribution in [0.5, 0.6) is 11.5 Å². The van der Waals surface area contributed by atoms with Crippen molar-refractivity contribution in [3.63, 3.8) is 0 Å². The molecule has 0 aromatic heterocycles. The lowest BCUT2D eigenvalue weighted by molar-refractivity contribution is 0.0499. The fourth-order valence-electron chi connectivity index (χ4n) is 4.08. The number of allylic oxidation sites excluding steroid dienone is 2. The molecule has 0 radical (unpaired) electrons. The van der Waals surface area contributed by atoms with Crippen LogP contribution in [0.4, 0.5) is 5.69 Å². The predicted molar refractivity (Wildman–Crippen MR) is 130 cm³/mol. The Morgan fingerprint density at radius 2 is 1.31 bits per heavy atom. The number of anilines is 1. The minimum Gasteiger partial charge on any atom is -0.457 e. The summed E-state index contributed by atoms with van der Waals surface area (Å²) in [5.41, 5.74) is 0.383. The van der Waals surface area contributed by atoms with Gasteiger partial charge in [0, 0.05) is 29.9 Å². The number of para-hydroxylation sites is 1. The fourth-order valence-corrected chi connectivity index (χ4v) is 5.46. The van der Waals surface area contributed by atoms with E-state index < -0.39 is 26.5 Å². The Hall–Kier alpha value is -3.95. The first-order chi connectivity index (χ1) is 16.9. The molecule has 1 saturated heterocycles. The van der Waals surface area contributed by atoms with E-state index in [0.717, 1.165) is 0 Å². The third-order valence-electron chi connectivity index (χ3n) is 5.73. The number of nitrogens with zero attached hydrogens (tertiary/aromatic N) is 1. The Kier molecular flexibility index (Phi) is 6.10. The summed E-state index contributed by atoms with van der Waals surface area (Å²) < 4.78 is 40.6. The average Bonchev–Trinajstić information content (AvgIpc) is 2.88. The van der Waals surface area contributed by atoms with Crippen LogP contribution < -0.4 is 9.46 Å². The van der Waals surface area contributed by atoms with Crippen LogP contribution in [0.2, 0.25) is 0 Å². The largest absolute Gasteiger partial charge is 0.457 e. The SMILES string of the molecule is O=C1C(N2CCOCC2)=C(S(=O)(=O)Nc2ccc(Oc3ccccc3)cc2)C(=O)c2ccccc21. The molecular weight excluding hydrogens is 468 g/mol. The number of carbonyl (C=O) groups excluding carboxylic acids is 2. The highest BCUT2D eigenvalue weighted by atomic mass is 32.2. The zero-order valence-electron chi connectivity index (χ0n) is 18.6. The van der Waals surface area contributed by atoms with E-state index in [0.29, 0.717) is 37.8 Å². The lowest BCUT2D eigenvalue weighted by Crippen LogP contribution is -2.43. The molecule has 1 aliphatic carbocycles. The van der Waals surface area contributed by atoms with Crippen molar-refractivity contribution < 1.29 is 27.5 Å². The highest BCUT2D eigenvalue weighted by Crippen LogP contribution is 2.33. The summed E-state index contributed by atoms with van der Waals surface area (Å²) in [5, 5.41) is 0. The van der Waals surface area contributed by atoms with Crippen LogP contribution in [-0.4, -0.2) is 51.2 Å². The summed E-state index contributed by atoms with van der Waals surface area (Å²) in [5.74, 6) is -0.0383. The first kappa shape index (κ1) is 22.8. The molecule has 2 aliphatic rings. The van der Waals surface area contributed by atoms with E-state index in [1.807, 2.05) is 18.2 Å². The number of rotatable bonds is 6. The summed E-state index contributed by atoms with van der Waals surface area (Å²) in [4.78, 5) is 27.9. The molecule has 0 bridgehead atoms. The fraction of sp³-hybridized carbons (Fsp3) is 0.154. The minimum absolute atomic E-state index is 0.0708. The molecule has 5 rings (SSSR count). The Balaban J connectivity index is 1.48. The quantitative estimate of drug-likeness (QED) is 0.560. The average molecular weight is 491 g/mol. The van der Waals surface area contributed by atoms with Crippen molar-refractivity contribution in [2.75, 3.05) is 31.0 Å². The third kappa shape index (κ3) is 4.55. The van der Waals surface area contributed by atoms with Gasteiger partial charge in [-0.15, -0.1) is 0 Å². The van der Waals surface area contributed by atoms with Crippen LogP contribution in [0.15, 0.2) is 89.5 Å². The maximum absolute atomic E-state index is 13.5. The second-order valence-electron chi connectivity index (χ2n) is 8.03.